The second kappa shape index (κ2) is 8.54. The maximum absolute atomic E-state index is 9.63. The number of hydrogen-bond acceptors (Lipinski definition) is 4. The molecule has 0 aliphatic carbocycles. The molecule has 0 aliphatic heterocycles. The van der Waals surface area contributed by atoms with E-state index in [0.717, 1.165) is 17.9 Å². The van der Waals surface area contributed by atoms with Crippen LogP contribution >= 0.6 is 0 Å². The van der Waals surface area contributed by atoms with Crippen LogP contribution in [0.25, 0.3) is 0 Å². The van der Waals surface area contributed by atoms with E-state index in [1.165, 1.54) is 0 Å². The SMILES string of the molecule is C#CCOc1ccc(CN(C)CC(O)COC)cc1. The largest absolute Gasteiger partial charge is 0.481 e. The summed E-state index contributed by atoms with van der Waals surface area (Å²) in [6.45, 7) is 1.96. The molecule has 1 aromatic carbocycles. The Kier molecular flexibility index (Phi) is 6.98. The summed E-state index contributed by atoms with van der Waals surface area (Å²) < 4.78 is 10.2. The van der Waals surface area contributed by atoms with Crippen LogP contribution in [0.1, 0.15) is 5.56 Å². The van der Waals surface area contributed by atoms with Gasteiger partial charge in [-0.1, -0.05) is 18.1 Å². The van der Waals surface area contributed by atoms with E-state index in [1.807, 2.05) is 36.2 Å². The lowest BCUT2D eigenvalue weighted by Crippen LogP contribution is -2.31. The minimum atomic E-state index is -0.465. The van der Waals surface area contributed by atoms with Crippen LogP contribution in [0.15, 0.2) is 24.3 Å². The zero-order chi connectivity index (χ0) is 14.1. The number of nitrogens with zero attached hydrogens (tertiary/aromatic N) is 1. The van der Waals surface area contributed by atoms with Crippen molar-refractivity contribution in [2.75, 3.05) is 33.9 Å². The van der Waals surface area contributed by atoms with E-state index < -0.39 is 6.10 Å². The van der Waals surface area contributed by atoms with E-state index in [9.17, 15) is 5.11 Å². The Bertz CT molecular complexity index is 397. The molecule has 104 valence electrons. The summed E-state index contributed by atoms with van der Waals surface area (Å²) in [5.41, 5.74) is 1.15. The van der Waals surface area contributed by atoms with Crippen molar-refractivity contribution in [1.29, 1.82) is 0 Å². The Morgan fingerprint density at radius 3 is 2.63 bits per heavy atom. The van der Waals surface area contributed by atoms with Crippen LogP contribution in [-0.4, -0.2) is 50.0 Å². The maximum atomic E-state index is 9.63. The second-order valence-electron chi connectivity index (χ2n) is 4.44. The molecule has 0 aliphatic rings. The predicted octanol–water partition coefficient (Wildman–Crippen LogP) is 1.14. The first-order valence-corrected chi connectivity index (χ1v) is 6.16. The number of methoxy groups -OCH3 is 1. The number of hydrogen-bond donors (Lipinski definition) is 1. The van der Waals surface area contributed by atoms with Crippen molar-refractivity contribution in [1.82, 2.24) is 4.90 Å². The highest BCUT2D eigenvalue weighted by Crippen LogP contribution is 2.13. The van der Waals surface area contributed by atoms with E-state index in [4.69, 9.17) is 15.9 Å². The van der Waals surface area contributed by atoms with E-state index in [-0.39, 0.29) is 6.61 Å². The van der Waals surface area contributed by atoms with Crippen molar-refractivity contribution in [3.63, 3.8) is 0 Å². The molecule has 0 spiro atoms. The van der Waals surface area contributed by atoms with Gasteiger partial charge in [0.25, 0.3) is 0 Å². The van der Waals surface area contributed by atoms with E-state index in [0.29, 0.717) is 13.2 Å². The van der Waals surface area contributed by atoms with Crippen LogP contribution in [-0.2, 0) is 11.3 Å². The first-order valence-electron chi connectivity index (χ1n) is 6.16. The summed E-state index contributed by atoms with van der Waals surface area (Å²) in [4.78, 5) is 2.04. The second-order valence-corrected chi connectivity index (χ2v) is 4.44. The number of benzene rings is 1. The van der Waals surface area contributed by atoms with Crippen molar-refractivity contribution in [3.05, 3.63) is 29.8 Å². The maximum Gasteiger partial charge on any atom is 0.148 e. The first kappa shape index (κ1) is 15.5. The van der Waals surface area contributed by atoms with Gasteiger partial charge in [-0.25, -0.2) is 0 Å². The molecule has 0 fully saturated rings. The van der Waals surface area contributed by atoms with E-state index in [2.05, 4.69) is 5.92 Å². The third-order valence-electron chi connectivity index (χ3n) is 2.58. The topological polar surface area (TPSA) is 41.9 Å². The number of aliphatic hydroxyl groups is 1. The van der Waals surface area contributed by atoms with Gasteiger partial charge in [0.15, 0.2) is 0 Å². The zero-order valence-corrected chi connectivity index (χ0v) is 11.5. The summed E-state index contributed by atoms with van der Waals surface area (Å²) in [6, 6.07) is 7.77. The van der Waals surface area contributed by atoms with Gasteiger partial charge >= 0.3 is 0 Å². The summed E-state index contributed by atoms with van der Waals surface area (Å²) >= 11 is 0. The minimum absolute atomic E-state index is 0.280. The van der Waals surface area contributed by atoms with Crippen LogP contribution < -0.4 is 4.74 Å². The summed E-state index contributed by atoms with van der Waals surface area (Å²) in [5.74, 6) is 3.19. The molecule has 0 saturated heterocycles. The van der Waals surface area contributed by atoms with Gasteiger partial charge in [-0.2, -0.15) is 0 Å². The van der Waals surface area contributed by atoms with Crippen LogP contribution in [0.2, 0.25) is 0 Å². The number of ether oxygens (including phenoxy) is 2. The molecule has 0 heterocycles. The average molecular weight is 263 g/mol. The molecular weight excluding hydrogens is 242 g/mol. The number of aliphatic hydroxyl groups excluding tert-OH is 1. The number of rotatable bonds is 8. The third-order valence-corrected chi connectivity index (χ3v) is 2.58. The number of likely N-dealkylation sites (N-methyl/N-ethyl adjacent to an activating group) is 1. The molecule has 0 bridgehead atoms. The Morgan fingerprint density at radius 1 is 1.37 bits per heavy atom. The highest BCUT2D eigenvalue weighted by atomic mass is 16.5. The Labute approximate surface area is 114 Å². The smallest absolute Gasteiger partial charge is 0.148 e. The van der Waals surface area contributed by atoms with Gasteiger partial charge in [-0.05, 0) is 24.7 Å². The molecule has 0 amide bonds. The van der Waals surface area contributed by atoms with Crippen molar-refractivity contribution in [3.8, 4) is 18.1 Å². The first-order chi connectivity index (χ1) is 9.15. The normalized spacial score (nSPS) is 12.2. The standard InChI is InChI=1S/C15H21NO3/c1-4-9-19-15-7-5-13(6-8-15)10-16(2)11-14(17)12-18-3/h1,5-8,14,17H,9-12H2,2-3H3. The van der Waals surface area contributed by atoms with Crippen molar-refractivity contribution in [2.45, 2.75) is 12.6 Å². The van der Waals surface area contributed by atoms with Gasteiger partial charge in [0.05, 0.1) is 12.7 Å². The molecule has 0 radical (unpaired) electrons. The average Bonchev–Trinajstić information content (AvgIpc) is 2.38. The van der Waals surface area contributed by atoms with Gasteiger partial charge < -0.3 is 14.6 Å². The zero-order valence-electron chi connectivity index (χ0n) is 11.5. The van der Waals surface area contributed by atoms with E-state index >= 15 is 0 Å². The van der Waals surface area contributed by atoms with Gasteiger partial charge in [-0.3, -0.25) is 4.90 Å². The third kappa shape index (κ3) is 6.25. The molecule has 4 heteroatoms. The summed E-state index contributed by atoms with van der Waals surface area (Å²) in [5, 5.41) is 9.63. The quantitative estimate of drug-likeness (QED) is 0.714. The van der Waals surface area contributed by atoms with Crippen molar-refractivity contribution >= 4 is 0 Å². The van der Waals surface area contributed by atoms with Gasteiger partial charge in [0.2, 0.25) is 0 Å². The van der Waals surface area contributed by atoms with Crippen LogP contribution in [0.3, 0.4) is 0 Å². The molecule has 1 N–H and O–H groups in total. The van der Waals surface area contributed by atoms with Crippen molar-refractivity contribution < 1.29 is 14.6 Å². The minimum Gasteiger partial charge on any atom is -0.481 e. The number of terminal acetylenes is 1. The fourth-order valence-corrected chi connectivity index (χ4v) is 1.80. The molecule has 4 nitrogen and oxygen atoms in total. The highest BCUT2D eigenvalue weighted by Gasteiger charge is 2.08. The van der Waals surface area contributed by atoms with E-state index in [1.54, 1.807) is 7.11 Å². The Balaban J connectivity index is 2.42. The van der Waals surface area contributed by atoms with Crippen LogP contribution in [0.5, 0.6) is 5.75 Å². The lowest BCUT2D eigenvalue weighted by Gasteiger charge is -2.20. The lowest BCUT2D eigenvalue weighted by molar-refractivity contribution is 0.0419. The lowest BCUT2D eigenvalue weighted by atomic mass is 10.2. The van der Waals surface area contributed by atoms with Crippen LogP contribution in [0, 0.1) is 12.3 Å². The van der Waals surface area contributed by atoms with Gasteiger partial charge in [0.1, 0.15) is 12.4 Å². The van der Waals surface area contributed by atoms with Gasteiger partial charge in [-0.15, -0.1) is 6.42 Å². The molecular formula is C15H21NO3. The molecule has 0 aromatic heterocycles. The molecule has 19 heavy (non-hydrogen) atoms. The molecule has 1 rings (SSSR count). The Morgan fingerprint density at radius 2 is 2.05 bits per heavy atom. The van der Waals surface area contributed by atoms with Crippen LogP contribution in [0.4, 0.5) is 0 Å². The summed E-state index contributed by atoms with van der Waals surface area (Å²) in [6.07, 6.45) is 4.66. The molecule has 1 aromatic rings. The molecule has 0 saturated carbocycles. The van der Waals surface area contributed by atoms with Gasteiger partial charge in [0, 0.05) is 20.2 Å². The molecule has 1 unspecified atom stereocenters. The molecule has 1 atom stereocenters. The fourth-order valence-electron chi connectivity index (χ4n) is 1.80. The monoisotopic (exact) mass is 263 g/mol. The summed E-state index contributed by atoms with van der Waals surface area (Å²) in [7, 11) is 3.54. The van der Waals surface area contributed by atoms with Crippen molar-refractivity contribution in [2.24, 2.45) is 0 Å². The predicted molar refractivity (Wildman–Crippen MR) is 75.0 cm³/mol. The Hall–Kier alpha value is -1.54. The highest BCUT2D eigenvalue weighted by molar-refractivity contribution is 5.27. The fraction of sp³-hybridized carbons (Fsp3) is 0.467.